The number of nitrogens with one attached hydrogen (secondary N) is 1. The topological polar surface area (TPSA) is 76.9 Å². The Morgan fingerprint density at radius 2 is 2.00 bits per heavy atom. The van der Waals surface area contributed by atoms with Crippen molar-refractivity contribution in [1.82, 2.24) is 14.8 Å². The van der Waals surface area contributed by atoms with Gasteiger partial charge in [0.15, 0.2) is 0 Å². The zero-order chi connectivity index (χ0) is 13.0. The van der Waals surface area contributed by atoms with E-state index in [1.54, 1.807) is 22.8 Å². The Balaban J connectivity index is 2.23. The second-order valence-electron chi connectivity index (χ2n) is 3.53. The molecule has 2 aromatic rings. The molecule has 0 aliphatic heterocycles. The number of nitrogens with zero attached hydrogens (tertiary/aromatic N) is 3. The molecular formula is C10H11ClN4O2S. The van der Waals surface area contributed by atoms with Gasteiger partial charge < -0.3 is 0 Å². The molecule has 1 aromatic heterocycles. The lowest BCUT2D eigenvalue weighted by Gasteiger charge is -2.08. The van der Waals surface area contributed by atoms with Gasteiger partial charge in [-0.25, -0.2) is 8.42 Å². The van der Waals surface area contributed by atoms with E-state index in [4.69, 9.17) is 11.6 Å². The van der Waals surface area contributed by atoms with E-state index in [1.165, 1.54) is 12.7 Å². The fourth-order valence-electron chi connectivity index (χ4n) is 1.40. The molecule has 0 saturated carbocycles. The zero-order valence-corrected chi connectivity index (χ0v) is 10.9. The van der Waals surface area contributed by atoms with Crippen molar-refractivity contribution in [3.05, 3.63) is 36.9 Å². The van der Waals surface area contributed by atoms with Crippen LogP contribution in [0.1, 0.15) is 0 Å². The largest absolute Gasteiger partial charge is 0.288 e. The minimum absolute atomic E-state index is 0.0560. The van der Waals surface area contributed by atoms with Crippen LogP contribution in [0.25, 0.3) is 5.69 Å². The molecule has 18 heavy (non-hydrogen) atoms. The molecule has 0 atom stereocenters. The van der Waals surface area contributed by atoms with E-state index in [0.29, 0.717) is 5.69 Å². The molecule has 8 heteroatoms. The van der Waals surface area contributed by atoms with Gasteiger partial charge in [-0.15, -0.1) is 21.8 Å². The van der Waals surface area contributed by atoms with Crippen molar-refractivity contribution in [1.29, 1.82) is 0 Å². The summed E-state index contributed by atoms with van der Waals surface area (Å²) in [5.74, 6) is -0.0636. The van der Waals surface area contributed by atoms with Gasteiger partial charge in [0.1, 0.15) is 12.7 Å². The van der Waals surface area contributed by atoms with Crippen LogP contribution >= 0.6 is 11.6 Å². The van der Waals surface area contributed by atoms with E-state index in [-0.39, 0.29) is 11.6 Å². The summed E-state index contributed by atoms with van der Waals surface area (Å²) in [6.07, 6.45) is 3.07. The summed E-state index contributed by atoms with van der Waals surface area (Å²) in [5, 5.41) is 7.38. The Morgan fingerprint density at radius 3 is 2.67 bits per heavy atom. The monoisotopic (exact) mass is 286 g/mol. The molecule has 0 amide bonds. The first kappa shape index (κ1) is 12.8. The van der Waals surface area contributed by atoms with Gasteiger partial charge in [-0.3, -0.25) is 9.29 Å². The normalized spacial score (nSPS) is 11.4. The Labute approximate surface area is 110 Å². The van der Waals surface area contributed by atoms with Crippen molar-refractivity contribution in [3.8, 4) is 5.69 Å². The van der Waals surface area contributed by atoms with Gasteiger partial charge in [0, 0.05) is 5.88 Å². The van der Waals surface area contributed by atoms with Gasteiger partial charge in [0.2, 0.25) is 10.0 Å². The Morgan fingerprint density at radius 1 is 1.28 bits per heavy atom. The number of halogens is 1. The first-order valence-corrected chi connectivity index (χ1v) is 7.31. The van der Waals surface area contributed by atoms with E-state index >= 15 is 0 Å². The quantitative estimate of drug-likeness (QED) is 0.839. The highest BCUT2D eigenvalue weighted by Crippen LogP contribution is 2.15. The number of aromatic nitrogens is 3. The zero-order valence-electron chi connectivity index (χ0n) is 9.32. The van der Waals surface area contributed by atoms with Crippen molar-refractivity contribution in [2.24, 2.45) is 0 Å². The first-order valence-electron chi connectivity index (χ1n) is 5.12. The number of hydrogen-bond acceptors (Lipinski definition) is 4. The average molecular weight is 287 g/mol. The fraction of sp³-hybridized carbons (Fsp3) is 0.200. The SMILES string of the molecule is O=S(=O)(CCCl)Nc1cccc(-n2cnnc2)c1. The van der Waals surface area contributed by atoms with Crippen molar-refractivity contribution in [3.63, 3.8) is 0 Å². The standard InChI is InChI=1S/C10H11ClN4O2S/c11-4-5-18(16,17)14-9-2-1-3-10(6-9)15-7-12-13-8-15/h1-3,6-8,14H,4-5H2. The molecular weight excluding hydrogens is 276 g/mol. The van der Waals surface area contributed by atoms with Crippen molar-refractivity contribution in [2.45, 2.75) is 0 Å². The van der Waals surface area contributed by atoms with E-state index in [1.807, 2.05) is 6.07 Å². The van der Waals surface area contributed by atoms with Crippen LogP contribution in [-0.4, -0.2) is 34.8 Å². The first-order chi connectivity index (χ1) is 8.61. The van der Waals surface area contributed by atoms with Crippen molar-refractivity contribution >= 4 is 27.3 Å². The molecule has 0 aliphatic carbocycles. The molecule has 2 rings (SSSR count). The van der Waals surface area contributed by atoms with Gasteiger partial charge in [-0.1, -0.05) is 6.07 Å². The molecule has 0 spiro atoms. The molecule has 0 unspecified atom stereocenters. The Hall–Kier alpha value is -1.60. The third-order valence-electron chi connectivity index (χ3n) is 2.18. The van der Waals surface area contributed by atoms with Crippen LogP contribution in [0.4, 0.5) is 5.69 Å². The maximum Gasteiger partial charge on any atom is 0.233 e. The number of sulfonamides is 1. The number of benzene rings is 1. The molecule has 0 bridgehead atoms. The number of anilines is 1. The molecule has 96 valence electrons. The highest BCUT2D eigenvalue weighted by atomic mass is 35.5. The summed E-state index contributed by atoms with van der Waals surface area (Å²) in [6, 6.07) is 6.92. The lowest BCUT2D eigenvalue weighted by Crippen LogP contribution is -2.17. The predicted molar refractivity (Wildman–Crippen MR) is 69.5 cm³/mol. The van der Waals surface area contributed by atoms with Crippen LogP contribution in [0, 0.1) is 0 Å². The van der Waals surface area contributed by atoms with Gasteiger partial charge in [0.25, 0.3) is 0 Å². The average Bonchev–Trinajstić information content (AvgIpc) is 2.81. The summed E-state index contributed by atoms with van der Waals surface area (Å²) in [5.41, 5.74) is 1.25. The third kappa shape index (κ3) is 3.21. The van der Waals surface area contributed by atoms with Gasteiger partial charge in [-0.05, 0) is 18.2 Å². The fourth-order valence-corrected chi connectivity index (χ4v) is 2.80. The molecule has 0 radical (unpaired) electrons. The van der Waals surface area contributed by atoms with Crippen LogP contribution < -0.4 is 4.72 Å². The summed E-state index contributed by atoms with van der Waals surface area (Å²) in [7, 11) is -3.39. The molecule has 1 aromatic carbocycles. The number of rotatable bonds is 5. The van der Waals surface area contributed by atoms with E-state index < -0.39 is 10.0 Å². The Bertz CT molecular complexity index is 613. The smallest absolute Gasteiger partial charge is 0.233 e. The van der Waals surface area contributed by atoms with Crippen LogP contribution in [0.2, 0.25) is 0 Å². The summed E-state index contributed by atoms with van der Waals surface area (Å²) < 4.78 is 27.3. The second-order valence-corrected chi connectivity index (χ2v) is 5.75. The molecule has 0 aliphatic rings. The summed E-state index contributed by atoms with van der Waals surface area (Å²) >= 11 is 5.42. The molecule has 6 nitrogen and oxygen atoms in total. The third-order valence-corrected chi connectivity index (χ3v) is 3.88. The molecule has 1 N–H and O–H groups in total. The maximum atomic E-state index is 11.6. The van der Waals surface area contributed by atoms with Gasteiger partial charge in [-0.2, -0.15) is 0 Å². The molecule has 0 fully saturated rings. The van der Waals surface area contributed by atoms with Crippen molar-refractivity contribution in [2.75, 3.05) is 16.4 Å². The lowest BCUT2D eigenvalue weighted by atomic mass is 10.3. The summed E-state index contributed by atoms with van der Waals surface area (Å²) in [6.45, 7) is 0. The van der Waals surface area contributed by atoms with E-state index in [9.17, 15) is 8.42 Å². The van der Waals surface area contributed by atoms with Crippen molar-refractivity contribution < 1.29 is 8.42 Å². The summed E-state index contributed by atoms with van der Waals surface area (Å²) in [4.78, 5) is 0. The minimum atomic E-state index is -3.39. The van der Waals surface area contributed by atoms with Crippen LogP contribution in [0.15, 0.2) is 36.9 Å². The van der Waals surface area contributed by atoms with E-state index in [2.05, 4.69) is 14.9 Å². The highest BCUT2D eigenvalue weighted by molar-refractivity contribution is 7.92. The minimum Gasteiger partial charge on any atom is -0.288 e. The second kappa shape index (κ2) is 5.36. The lowest BCUT2D eigenvalue weighted by molar-refractivity contribution is 0.602. The van der Waals surface area contributed by atoms with Crippen LogP contribution in [0.5, 0.6) is 0 Å². The van der Waals surface area contributed by atoms with Gasteiger partial charge >= 0.3 is 0 Å². The highest BCUT2D eigenvalue weighted by Gasteiger charge is 2.09. The number of hydrogen-bond donors (Lipinski definition) is 1. The van der Waals surface area contributed by atoms with Crippen LogP contribution in [-0.2, 0) is 10.0 Å². The number of alkyl halides is 1. The van der Waals surface area contributed by atoms with Gasteiger partial charge in [0.05, 0.1) is 17.1 Å². The molecule has 1 heterocycles. The predicted octanol–water partition coefficient (Wildman–Crippen LogP) is 1.25. The van der Waals surface area contributed by atoms with Crippen LogP contribution in [0.3, 0.4) is 0 Å². The molecule has 0 saturated heterocycles. The Kier molecular flexibility index (Phi) is 3.83. The van der Waals surface area contributed by atoms with E-state index in [0.717, 1.165) is 5.69 Å². The maximum absolute atomic E-state index is 11.6.